The molecule has 118 valence electrons. The van der Waals surface area contributed by atoms with Crippen molar-refractivity contribution in [3.8, 4) is 0 Å². The molecule has 22 heavy (non-hydrogen) atoms. The van der Waals surface area contributed by atoms with Crippen molar-refractivity contribution in [1.82, 2.24) is 10.3 Å². The van der Waals surface area contributed by atoms with Crippen LogP contribution in [-0.4, -0.2) is 22.1 Å². The third-order valence-corrected chi connectivity index (χ3v) is 4.66. The van der Waals surface area contributed by atoms with E-state index in [-0.39, 0.29) is 12.5 Å². The Balaban J connectivity index is 1.97. The SMILES string of the molecule is Cc1nc(C)c(CNC(CCC(=O)O)Cc2ccccc2)s1. The summed E-state index contributed by atoms with van der Waals surface area (Å²) in [6.45, 7) is 4.77. The molecule has 0 amide bonds. The minimum absolute atomic E-state index is 0.153. The van der Waals surface area contributed by atoms with Gasteiger partial charge >= 0.3 is 5.97 Å². The molecule has 4 nitrogen and oxygen atoms in total. The molecule has 1 aromatic heterocycles. The largest absolute Gasteiger partial charge is 0.481 e. The van der Waals surface area contributed by atoms with Crippen molar-refractivity contribution in [2.24, 2.45) is 0 Å². The number of hydrogen-bond acceptors (Lipinski definition) is 4. The van der Waals surface area contributed by atoms with E-state index >= 15 is 0 Å². The van der Waals surface area contributed by atoms with Crippen LogP contribution in [0.3, 0.4) is 0 Å². The topological polar surface area (TPSA) is 62.2 Å². The molecule has 1 aromatic carbocycles. The third-order valence-electron chi connectivity index (χ3n) is 3.58. The zero-order valence-corrected chi connectivity index (χ0v) is 13.8. The second kappa shape index (κ2) is 8.06. The highest BCUT2D eigenvalue weighted by Gasteiger charge is 2.13. The standard InChI is InChI=1S/C17H22N2O2S/c1-12-16(22-13(2)19-12)11-18-15(8-9-17(20)21)10-14-6-4-3-5-7-14/h3-7,15,18H,8-11H2,1-2H3,(H,20,21). The van der Waals surface area contributed by atoms with Crippen LogP contribution in [0.1, 0.15) is 34.0 Å². The first-order chi connectivity index (χ1) is 10.5. The minimum Gasteiger partial charge on any atom is -0.481 e. The summed E-state index contributed by atoms with van der Waals surface area (Å²) in [7, 11) is 0. The number of aromatic nitrogens is 1. The molecule has 0 saturated carbocycles. The van der Waals surface area contributed by atoms with Gasteiger partial charge in [0.1, 0.15) is 0 Å². The number of aryl methyl sites for hydroxylation is 2. The summed E-state index contributed by atoms with van der Waals surface area (Å²) in [6.07, 6.45) is 1.65. The molecular weight excluding hydrogens is 296 g/mol. The van der Waals surface area contributed by atoms with E-state index in [1.165, 1.54) is 10.4 Å². The fourth-order valence-electron chi connectivity index (χ4n) is 2.45. The molecule has 0 spiro atoms. The first-order valence-electron chi connectivity index (χ1n) is 7.46. The predicted octanol–water partition coefficient (Wildman–Crippen LogP) is 3.33. The van der Waals surface area contributed by atoms with Gasteiger partial charge < -0.3 is 10.4 Å². The van der Waals surface area contributed by atoms with E-state index in [2.05, 4.69) is 22.4 Å². The van der Waals surface area contributed by atoms with Gasteiger partial charge in [-0.1, -0.05) is 30.3 Å². The summed E-state index contributed by atoms with van der Waals surface area (Å²) < 4.78 is 0. The molecule has 1 atom stereocenters. The summed E-state index contributed by atoms with van der Waals surface area (Å²) in [5.41, 5.74) is 2.29. The lowest BCUT2D eigenvalue weighted by Gasteiger charge is -2.18. The Morgan fingerprint density at radius 2 is 2.05 bits per heavy atom. The van der Waals surface area contributed by atoms with Gasteiger partial charge in [-0.2, -0.15) is 0 Å². The smallest absolute Gasteiger partial charge is 0.303 e. The van der Waals surface area contributed by atoms with Crippen LogP contribution in [0.5, 0.6) is 0 Å². The summed E-state index contributed by atoms with van der Waals surface area (Å²) in [5.74, 6) is -0.746. The number of hydrogen-bond donors (Lipinski definition) is 2. The van der Waals surface area contributed by atoms with Gasteiger partial charge in [-0.05, 0) is 32.3 Å². The van der Waals surface area contributed by atoms with E-state index in [4.69, 9.17) is 5.11 Å². The van der Waals surface area contributed by atoms with Crippen molar-refractivity contribution in [2.45, 2.75) is 45.7 Å². The number of benzene rings is 1. The maximum atomic E-state index is 10.9. The Bertz CT molecular complexity index is 610. The Labute approximate surface area is 135 Å². The molecule has 0 fully saturated rings. The Hall–Kier alpha value is -1.72. The van der Waals surface area contributed by atoms with Gasteiger partial charge in [0.15, 0.2) is 0 Å². The molecule has 1 unspecified atom stereocenters. The highest BCUT2D eigenvalue weighted by Crippen LogP contribution is 2.17. The highest BCUT2D eigenvalue weighted by atomic mass is 32.1. The number of rotatable bonds is 8. The maximum Gasteiger partial charge on any atom is 0.303 e. The molecular formula is C17H22N2O2S. The van der Waals surface area contributed by atoms with E-state index in [9.17, 15) is 4.79 Å². The molecule has 0 bridgehead atoms. The third kappa shape index (κ3) is 5.24. The van der Waals surface area contributed by atoms with Crippen LogP contribution < -0.4 is 5.32 Å². The quantitative estimate of drug-likeness (QED) is 0.784. The van der Waals surface area contributed by atoms with Crippen molar-refractivity contribution in [3.05, 3.63) is 51.5 Å². The Morgan fingerprint density at radius 3 is 2.64 bits per heavy atom. The van der Waals surface area contributed by atoms with Gasteiger partial charge in [0.25, 0.3) is 0 Å². The number of carboxylic acid groups (broad SMARTS) is 1. The van der Waals surface area contributed by atoms with Crippen molar-refractivity contribution < 1.29 is 9.90 Å². The number of aliphatic carboxylic acids is 1. The molecule has 0 radical (unpaired) electrons. The fourth-order valence-corrected chi connectivity index (χ4v) is 3.34. The maximum absolute atomic E-state index is 10.9. The number of nitrogens with one attached hydrogen (secondary N) is 1. The average Bonchev–Trinajstić information content (AvgIpc) is 2.81. The van der Waals surface area contributed by atoms with Gasteiger partial charge in [-0.25, -0.2) is 4.98 Å². The van der Waals surface area contributed by atoms with Crippen LogP contribution in [0.25, 0.3) is 0 Å². The lowest BCUT2D eigenvalue weighted by atomic mass is 10.0. The minimum atomic E-state index is -0.746. The summed E-state index contributed by atoms with van der Waals surface area (Å²) in [5, 5.41) is 13.5. The zero-order chi connectivity index (χ0) is 15.9. The van der Waals surface area contributed by atoms with Crippen LogP contribution in [-0.2, 0) is 17.8 Å². The van der Waals surface area contributed by atoms with Crippen molar-refractivity contribution >= 4 is 17.3 Å². The van der Waals surface area contributed by atoms with E-state index in [1.54, 1.807) is 11.3 Å². The van der Waals surface area contributed by atoms with Crippen molar-refractivity contribution in [1.29, 1.82) is 0 Å². The van der Waals surface area contributed by atoms with Crippen LogP contribution in [0.2, 0.25) is 0 Å². The molecule has 2 rings (SSSR count). The first kappa shape index (κ1) is 16.6. The Kier molecular flexibility index (Phi) is 6.10. The lowest BCUT2D eigenvalue weighted by molar-refractivity contribution is -0.137. The second-order valence-electron chi connectivity index (χ2n) is 5.44. The van der Waals surface area contributed by atoms with Gasteiger partial charge in [-0.3, -0.25) is 4.79 Å². The summed E-state index contributed by atoms with van der Waals surface area (Å²) >= 11 is 1.70. The molecule has 1 heterocycles. The van der Waals surface area contributed by atoms with Crippen LogP contribution >= 0.6 is 11.3 Å². The van der Waals surface area contributed by atoms with Crippen LogP contribution in [0.15, 0.2) is 30.3 Å². The van der Waals surface area contributed by atoms with E-state index < -0.39 is 5.97 Å². The van der Waals surface area contributed by atoms with Crippen molar-refractivity contribution in [2.75, 3.05) is 0 Å². The molecule has 0 aliphatic heterocycles. The lowest BCUT2D eigenvalue weighted by Crippen LogP contribution is -2.31. The second-order valence-corrected chi connectivity index (χ2v) is 6.73. The van der Waals surface area contributed by atoms with Gasteiger partial charge in [0.05, 0.1) is 10.7 Å². The van der Waals surface area contributed by atoms with E-state index in [0.717, 1.165) is 23.7 Å². The van der Waals surface area contributed by atoms with Crippen LogP contribution in [0, 0.1) is 13.8 Å². The highest BCUT2D eigenvalue weighted by molar-refractivity contribution is 7.11. The molecule has 0 aliphatic carbocycles. The fraction of sp³-hybridized carbons (Fsp3) is 0.412. The van der Waals surface area contributed by atoms with E-state index in [0.29, 0.717) is 6.42 Å². The number of thiazole rings is 1. The molecule has 2 N–H and O–H groups in total. The molecule has 5 heteroatoms. The summed E-state index contributed by atoms with van der Waals surface area (Å²) in [6, 6.07) is 10.3. The van der Waals surface area contributed by atoms with Crippen molar-refractivity contribution in [3.63, 3.8) is 0 Å². The molecule has 0 aliphatic rings. The summed E-state index contributed by atoms with van der Waals surface area (Å²) in [4.78, 5) is 16.5. The predicted molar refractivity (Wildman–Crippen MR) is 89.2 cm³/mol. The zero-order valence-electron chi connectivity index (χ0n) is 13.0. The number of carboxylic acids is 1. The van der Waals surface area contributed by atoms with Gasteiger partial charge in [0, 0.05) is 23.9 Å². The Morgan fingerprint density at radius 1 is 1.32 bits per heavy atom. The van der Waals surface area contributed by atoms with Gasteiger partial charge in [0.2, 0.25) is 0 Å². The number of nitrogens with zero attached hydrogens (tertiary/aromatic N) is 1. The molecule has 0 saturated heterocycles. The average molecular weight is 318 g/mol. The first-order valence-corrected chi connectivity index (χ1v) is 8.28. The van der Waals surface area contributed by atoms with Crippen LogP contribution in [0.4, 0.5) is 0 Å². The van der Waals surface area contributed by atoms with Gasteiger partial charge in [-0.15, -0.1) is 11.3 Å². The van der Waals surface area contributed by atoms with E-state index in [1.807, 2.05) is 32.0 Å². The number of carbonyl (C=O) groups is 1. The normalized spacial score (nSPS) is 12.3. The molecule has 2 aromatic rings. The monoisotopic (exact) mass is 318 g/mol.